The third-order valence-corrected chi connectivity index (χ3v) is 17.4. The molecule has 8 aromatic carbocycles. The first-order chi connectivity index (χ1) is 53.4. The molecule has 28 nitrogen and oxygen atoms in total. The van der Waals surface area contributed by atoms with Gasteiger partial charge in [0, 0.05) is 59.6 Å². The Labute approximate surface area is 637 Å². The second-order valence-electron chi connectivity index (χ2n) is 24.9. The van der Waals surface area contributed by atoms with Gasteiger partial charge in [-0.2, -0.15) is 45.5 Å². The number of amides is 2. The Morgan fingerprint density at radius 1 is 0.348 bits per heavy atom. The number of ether oxygens (including phenoxy) is 2. The Balaban J connectivity index is 0.000000172. The summed E-state index contributed by atoms with van der Waals surface area (Å²) in [7, 11) is 9.22. The zero-order valence-corrected chi connectivity index (χ0v) is 62.3. The van der Waals surface area contributed by atoms with Gasteiger partial charge in [0.15, 0.2) is 0 Å². The van der Waals surface area contributed by atoms with Gasteiger partial charge in [0.25, 0.3) is 11.8 Å². The molecule has 0 aliphatic rings. The molecule has 0 saturated heterocycles. The quantitative estimate of drug-likeness (QED) is 0.0470. The normalized spacial score (nSPS) is 11.1. The van der Waals surface area contributed by atoms with E-state index in [1.54, 1.807) is 111 Å². The number of aromatic nitrogens is 16. The fourth-order valence-electron chi connectivity index (χ4n) is 11.5. The number of methoxy groups -OCH3 is 2. The third kappa shape index (κ3) is 21.4. The fourth-order valence-corrected chi connectivity index (χ4v) is 11.5. The van der Waals surface area contributed by atoms with Gasteiger partial charge in [-0.05, 0) is 216 Å². The highest BCUT2D eigenvalue weighted by atomic mass is 19.4. The zero-order chi connectivity index (χ0) is 81.1. The second kappa shape index (κ2) is 37.0. The van der Waals surface area contributed by atoms with Crippen molar-refractivity contribution in [3.05, 3.63) is 259 Å². The SMILES string of the molecule is CCN(CC)C(=O)c1ccc(Cc2ccc(C(=O)OC)cc2-c2nnn(C)n2)cc1.CCN(CC)C(=O)c1ccc(Cc2ccc(C(F)(F)F)cc2)c(-c2nnn(C)n2)c1.COC(=O)c1ccc(Cc2ccc(C(=O)O)cc2)c(-c2nnn(C)n2)c1.Cn1nnc(-c2cc(C(=O)O)ccc2Cc2ccc(C(F)(F)F)cc2)n1. The molecule has 112 heavy (non-hydrogen) atoms. The number of esters is 2. The van der Waals surface area contributed by atoms with Gasteiger partial charge in [0.1, 0.15) is 0 Å². The van der Waals surface area contributed by atoms with Crippen molar-refractivity contribution < 1.29 is 74.8 Å². The summed E-state index contributed by atoms with van der Waals surface area (Å²) in [4.78, 5) is 80.0. The number of benzene rings is 8. The third-order valence-electron chi connectivity index (χ3n) is 17.4. The van der Waals surface area contributed by atoms with Gasteiger partial charge in [-0.3, -0.25) is 9.59 Å². The summed E-state index contributed by atoms with van der Waals surface area (Å²) >= 11 is 0. The number of nitrogens with zero attached hydrogens (tertiary/aromatic N) is 18. The van der Waals surface area contributed by atoms with Crippen molar-refractivity contribution in [1.29, 1.82) is 0 Å². The van der Waals surface area contributed by atoms with Crippen molar-refractivity contribution in [2.75, 3.05) is 40.4 Å². The number of aromatic carboxylic acids is 2. The number of rotatable bonds is 22. The highest BCUT2D eigenvalue weighted by molar-refractivity contribution is 5.96. The van der Waals surface area contributed by atoms with E-state index in [1.807, 2.05) is 64.1 Å². The van der Waals surface area contributed by atoms with Gasteiger partial charge < -0.3 is 29.5 Å². The van der Waals surface area contributed by atoms with E-state index >= 15 is 0 Å². The van der Waals surface area contributed by atoms with Gasteiger partial charge in [0.05, 0.1) is 75.8 Å². The van der Waals surface area contributed by atoms with Crippen LogP contribution in [0.25, 0.3) is 45.6 Å². The van der Waals surface area contributed by atoms with Crippen LogP contribution in [0, 0.1) is 0 Å². The zero-order valence-electron chi connectivity index (χ0n) is 62.3. The first-order valence-corrected chi connectivity index (χ1v) is 34.6. The Bertz CT molecular complexity index is 5290. The molecule has 0 spiro atoms. The predicted octanol–water partition coefficient (Wildman–Crippen LogP) is 11.8. The molecule has 0 atom stereocenters. The van der Waals surface area contributed by atoms with Crippen LogP contribution in [0.2, 0.25) is 0 Å². The summed E-state index contributed by atoms with van der Waals surface area (Å²) < 4.78 is 86.1. The van der Waals surface area contributed by atoms with Crippen LogP contribution in [-0.4, -0.2) is 177 Å². The topological polar surface area (TPSA) is 342 Å². The molecule has 580 valence electrons. The summed E-state index contributed by atoms with van der Waals surface area (Å²) in [6, 6.07) is 44.2. The number of alkyl halides is 6. The van der Waals surface area contributed by atoms with Crippen molar-refractivity contribution in [3.8, 4) is 45.6 Å². The number of carboxylic acid groups (broad SMARTS) is 2. The van der Waals surface area contributed by atoms with Crippen LogP contribution in [0.5, 0.6) is 0 Å². The van der Waals surface area contributed by atoms with Crippen molar-refractivity contribution in [1.82, 2.24) is 90.6 Å². The lowest BCUT2D eigenvalue weighted by molar-refractivity contribution is -0.138. The summed E-state index contributed by atoms with van der Waals surface area (Å²) in [6.07, 6.45) is -6.99. The van der Waals surface area contributed by atoms with E-state index in [2.05, 4.69) is 61.6 Å². The molecule has 0 radical (unpaired) electrons. The average Bonchev–Trinajstić information content (AvgIpc) is 1.44. The van der Waals surface area contributed by atoms with Crippen molar-refractivity contribution in [2.24, 2.45) is 28.2 Å². The first-order valence-electron chi connectivity index (χ1n) is 34.6. The highest BCUT2D eigenvalue weighted by Gasteiger charge is 2.32. The number of carbonyl (C=O) groups is 6. The van der Waals surface area contributed by atoms with E-state index < -0.39 is 47.4 Å². The molecule has 12 aromatic rings. The number of halogens is 6. The van der Waals surface area contributed by atoms with Crippen LogP contribution in [-0.2, 0) is 75.7 Å². The Kier molecular flexibility index (Phi) is 27.3. The number of carbonyl (C=O) groups excluding carboxylic acids is 4. The summed E-state index contributed by atoms with van der Waals surface area (Å²) in [5.41, 5.74) is 9.93. The van der Waals surface area contributed by atoms with Crippen LogP contribution < -0.4 is 0 Å². The molecule has 0 fully saturated rings. The summed E-state index contributed by atoms with van der Waals surface area (Å²) in [5.74, 6) is -1.59. The smallest absolute Gasteiger partial charge is 0.416 e. The van der Waals surface area contributed by atoms with Crippen molar-refractivity contribution in [3.63, 3.8) is 0 Å². The minimum atomic E-state index is -4.39. The van der Waals surface area contributed by atoms with Crippen LogP contribution in [0.1, 0.15) is 145 Å². The van der Waals surface area contributed by atoms with Crippen LogP contribution >= 0.6 is 0 Å². The highest BCUT2D eigenvalue weighted by Crippen LogP contribution is 2.34. The Morgan fingerprint density at radius 2 is 0.589 bits per heavy atom. The van der Waals surface area contributed by atoms with E-state index in [1.165, 1.54) is 69.8 Å². The van der Waals surface area contributed by atoms with Crippen LogP contribution in [0.15, 0.2) is 170 Å². The number of aryl methyl sites for hydroxylation is 4. The summed E-state index contributed by atoms with van der Waals surface area (Å²) in [5, 5.41) is 66.4. The van der Waals surface area contributed by atoms with Crippen molar-refractivity contribution >= 4 is 35.7 Å². The molecule has 0 aliphatic heterocycles. The van der Waals surface area contributed by atoms with E-state index in [0.717, 1.165) is 52.1 Å². The van der Waals surface area contributed by atoms with E-state index in [9.17, 15) is 60.2 Å². The average molecular weight is 1540 g/mol. The maximum Gasteiger partial charge on any atom is 0.416 e. The molecule has 4 heterocycles. The molecule has 2 amide bonds. The fraction of sp³-hybridized carbons (Fsp3) is 0.256. The molecule has 4 aromatic heterocycles. The van der Waals surface area contributed by atoms with E-state index in [-0.39, 0.29) is 28.8 Å². The summed E-state index contributed by atoms with van der Waals surface area (Å²) in [6.45, 7) is 10.3. The molecule has 0 unspecified atom stereocenters. The minimum absolute atomic E-state index is 0.0263. The lowest BCUT2D eigenvalue weighted by Gasteiger charge is -2.19. The largest absolute Gasteiger partial charge is 0.478 e. The molecule has 34 heteroatoms. The van der Waals surface area contributed by atoms with Gasteiger partial charge >= 0.3 is 36.2 Å². The second-order valence-corrected chi connectivity index (χ2v) is 24.9. The van der Waals surface area contributed by atoms with Gasteiger partial charge in [0.2, 0.25) is 23.3 Å². The number of hydrogen-bond donors (Lipinski definition) is 2. The molecular formula is C78H76F6N18O10. The van der Waals surface area contributed by atoms with Crippen LogP contribution in [0.3, 0.4) is 0 Å². The predicted molar refractivity (Wildman–Crippen MR) is 395 cm³/mol. The van der Waals surface area contributed by atoms with Crippen molar-refractivity contribution in [2.45, 2.75) is 65.7 Å². The Morgan fingerprint density at radius 3 is 0.848 bits per heavy atom. The van der Waals surface area contributed by atoms with Gasteiger partial charge in [-0.25, -0.2) is 19.2 Å². The van der Waals surface area contributed by atoms with Gasteiger partial charge in [-0.15, -0.1) is 40.8 Å². The molecule has 2 N–H and O–H groups in total. The Hall–Kier alpha value is -13.6. The maximum absolute atomic E-state index is 12.8. The monoisotopic (exact) mass is 1540 g/mol. The van der Waals surface area contributed by atoms with Gasteiger partial charge in [-0.1, -0.05) is 72.8 Å². The number of tetrazole rings is 4. The molecule has 0 bridgehead atoms. The standard InChI is InChI=1S/C22H25N5O3.C21H22F3N5O.C18H16N4O4.C17H13F3N4O2/c1-5-27(6-2)21(28)16-9-7-15(8-10-16)13-17-11-12-18(22(29)30-4)14-19(17)20-23-25-26(3)24-20;1-4-29(5-2)20(30)16-9-8-15(18(13-16)19-25-27-28(3)26-19)12-14-6-10-17(11-7-14)21(22,23)24;1-22-20-16(19-21-22)15-10-14(18(25)26-2)8-7-13(15)9-11-3-5-12(6-4-11)17(23)24;1-24-22-15(21-23-24)14-9-12(16(25)26)5-4-11(14)8-10-2-6-13(7-3-10)17(18,19)20/h7-12,14H,5-6,13H2,1-4H3;6-11,13H,4-5,12H2,1-3H3;3-8,10H,9H2,1-2H3,(H,23,24);2-7,9H,8H2,1H3,(H,25,26). The molecular weight excluding hydrogens is 1460 g/mol. The molecule has 0 aliphatic carbocycles. The maximum atomic E-state index is 12.8. The number of hydrogen-bond acceptors (Lipinski definition) is 20. The van der Waals surface area contributed by atoms with E-state index in [0.29, 0.717) is 131 Å². The first kappa shape index (κ1) is 82.5. The lowest BCUT2D eigenvalue weighted by Crippen LogP contribution is -2.30. The minimum Gasteiger partial charge on any atom is -0.478 e. The lowest BCUT2D eigenvalue weighted by atomic mass is 9.96. The van der Waals surface area contributed by atoms with Crippen LogP contribution in [0.4, 0.5) is 26.3 Å². The molecule has 12 rings (SSSR count). The number of carboxylic acids is 2. The molecule has 0 saturated carbocycles. The van der Waals surface area contributed by atoms with E-state index in [4.69, 9.17) is 14.6 Å².